The number of hydrogen-bond acceptors (Lipinski definition) is 6. The van der Waals surface area contributed by atoms with Gasteiger partial charge in [0.25, 0.3) is 0 Å². The fourth-order valence-electron chi connectivity index (χ4n) is 1.40. The van der Waals surface area contributed by atoms with Crippen molar-refractivity contribution in [2.24, 2.45) is 0 Å². The topological polar surface area (TPSA) is 67.3 Å². The van der Waals surface area contributed by atoms with E-state index in [1.165, 1.54) is 4.88 Å². The van der Waals surface area contributed by atoms with Crippen LogP contribution in [0.2, 0.25) is 0 Å². The molecular weight excluding hydrogens is 250 g/mol. The van der Waals surface area contributed by atoms with Crippen molar-refractivity contribution in [3.8, 4) is 5.88 Å². The smallest absolute Gasteiger partial charge is 0.213 e. The predicted octanol–water partition coefficient (Wildman–Crippen LogP) is 1.83. The molecule has 0 saturated carbocycles. The third kappa shape index (κ3) is 3.68. The van der Waals surface area contributed by atoms with Crippen molar-refractivity contribution in [2.75, 3.05) is 18.5 Å². The van der Waals surface area contributed by atoms with Gasteiger partial charge < -0.3 is 15.2 Å². The number of hydrogen-bond donors (Lipinski definition) is 2. The van der Waals surface area contributed by atoms with Gasteiger partial charge in [-0.2, -0.15) is 0 Å². The summed E-state index contributed by atoms with van der Waals surface area (Å²) in [5.74, 6) is 0.517. The zero-order chi connectivity index (χ0) is 12.8. The van der Waals surface area contributed by atoms with Crippen LogP contribution in [-0.4, -0.2) is 28.3 Å². The molecule has 6 heteroatoms. The summed E-state index contributed by atoms with van der Waals surface area (Å²) >= 11 is 1.67. The fourth-order valence-corrected chi connectivity index (χ4v) is 2.13. The van der Waals surface area contributed by atoms with Crippen LogP contribution in [-0.2, 0) is 6.54 Å². The Morgan fingerprint density at radius 3 is 2.83 bits per heavy atom. The van der Waals surface area contributed by atoms with Gasteiger partial charge in [0.05, 0.1) is 30.0 Å². The van der Waals surface area contributed by atoms with Crippen LogP contribution >= 0.6 is 11.3 Å². The summed E-state index contributed by atoms with van der Waals surface area (Å²) in [6.45, 7) is 2.99. The summed E-state index contributed by atoms with van der Waals surface area (Å²) in [7, 11) is 0. The highest BCUT2D eigenvalue weighted by Crippen LogP contribution is 2.15. The molecule has 0 radical (unpaired) electrons. The molecule has 18 heavy (non-hydrogen) atoms. The van der Waals surface area contributed by atoms with Crippen LogP contribution in [0.4, 0.5) is 5.69 Å². The van der Waals surface area contributed by atoms with Crippen molar-refractivity contribution in [2.45, 2.75) is 13.5 Å². The summed E-state index contributed by atoms with van der Waals surface area (Å²) in [6, 6.07) is 3.67. The van der Waals surface area contributed by atoms with Crippen molar-refractivity contribution in [1.82, 2.24) is 9.97 Å². The van der Waals surface area contributed by atoms with E-state index < -0.39 is 0 Å². The number of aliphatic hydroxyl groups excluding tert-OH is 1. The molecule has 2 aromatic heterocycles. The average molecular weight is 265 g/mol. The van der Waals surface area contributed by atoms with Crippen LogP contribution in [0.15, 0.2) is 24.5 Å². The van der Waals surface area contributed by atoms with Crippen LogP contribution in [0.25, 0.3) is 0 Å². The monoisotopic (exact) mass is 265 g/mol. The highest BCUT2D eigenvalue weighted by Gasteiger charge is 1.99. The molecule has 96 valence electrons. The molecule has 0 aliphatic rings. The molecule has 2 rings (SSSR count). The Hall–Kier alpha value is -1.66. The largest absolute Gasteiger partial charge is 0.475 e. The van der Waals surface area contributed by atoms with Crippen LogP contribution in [0.3, 0.4) is 0 Å². The molecule has 0 unspecified atom stereocenters. The molecule has 0 spiro atoms. The van der Waals surface area contributed by atoms with E-state index in [1.807, 2.05) is 19.2 Å². The van der Waals surface area contributed by atoms with Gasteiger partial charge in [0.1, 0.15) is 6.61 Å². The number of rotatable bonds is 6. The molecule has 2 heterocycles. The van der Waals surface area contributed by atoms with Crippen LogP contribution in [0.1, 0.15) is 9.88 Å². The second-order valence-electron chi connectivity index (χ2n) is 3.66. The van der Waals surface area contributed by atoms with Gasteiger partial charge >= 0.3 is 0 Å². The number of anilines is 1. The van der Waals surface area contributed by atoms with E-state index in [-0.39, 0.29) is 13.2 Å². The first kappa shape index (κ1) is 12.8. The van der Waals surface area contributed by atoms with Gasteiger partial charge in [0, 0.05) is 17.1 Å². The molecule has 0 amide bonds. The van der Waals surface area contributed by atoms with E-state index in [9.17, 15) is 0 Å². The number of aryl methyl sites for hydroxylation is 1. The standard InChI is InChI=1S/C12H15N3O2S/c1-9-13-7-11(18-9)8-14-10-2-3-12(15-6-10)17-5-4-16/h2-3,6-7,14,16H,4-5,8H2,1H3. The van der Waals surface area contributed by atoms with Gasteiger partial charge in [-0.3, -0.25) is 0 Å². The SMILES string of the molecule is Cc1ncc(CNc2ccc(OCCO)nc2)s1. The van der Waals surface area contributed by atoms with Crippen molar-refractivity contribution in [3.63, 3.8) is 0 Å². The Bertz CT molecular complexity index is 484. The number of aliphatic hydroxyl groups is 1. The Morgan fingerprint density at radius 2 is 2.22 bits per heavy atom. The highest BCUT2D eigenvalue weighted by molar-refractivity contribution is 7.11. The van der Waals surface area contributed by atoms with E-state index in [0.717, 1.165) is 17.2 Å². The molecule has 2 N–H and O–H groups in total. The molecule has 0 saturated heterocycles. The summed E-state index contributed by atoms with van der Waals surface area (Å²) < 4.78 is 5.18. The second kappa shape index (κ2) is 6.32. The number of nitrogens with one attached hydrogen (secondary N) is 1. The van der Waals surface area contributed by atoms with E-state index in [0.29, 0.717) is 5.88 Å². The van der Waals surface area contributed by atoms with Gasteiger partial charge in [0.15, 0.2) is 0 Å². The Labute approximate surface area is 109 Å². The minimum Gasteiger partial charge on any atom is -0.475 e. The van der Waals surface area contributed by atoms with Gasteiger partial charge in [-0.1, -0.05) is 0 Å². The average Bonchev–Trinajstić information content (AvgIpc) is 2.81. The zero-order valence-corrected chi connectivity index (χ0v) is 10.9. The lowest BCUT2D eigenvalue weighted by atomic mass is 10.4. The Kier molecular flexibility index (Phi) is 4.49. The molecule has 0 aliphatic heterocycles. The van der Waals surface area contributed by atoms with Crippen molar-refractivity contribution in [3.05, 3.63) is 34.4 Å². The maximum absolute atomic E-state index is 8.62. The maximum Gasteiger partial charge on any atom is 0.213 e. The second-order valence-corrected chi connectivity index (χ2v) is 4.98. The van der Waals surface area contributed by atoms with Crippen molar-refractivity contribution < 1.29 is 9.84 Å². The fraction of sp³-hybridized carbons (Fsp3) is 0.333. The van der Waals surface area contributed by atoms with E-state index >= 15 is 0 Å². The molecule has 5 nitrogen and oxygen atoms in total. The Morgan fingerprint density at radius 1 is 1.33 bits per heavy atom. The summed E-state index contributed by atoms with van der Waals surface area (Å²) in [6.07, 6.45) is 3.58. The number of ether oxygens (including phenoxy) is 1. The molecule has 0 aliphatic carbocycles. The predicted molar refractivity (Wildman–Crippen MR) is 71.0 cm³/mol. The normalized spacial score (nSPS) is 10.3. The van der Waals surface area contributed by atoms with Gasteiger partial charge in [-0.25, -0.2) is 9.97 Å². The lowest BCUT2D eigenvalue weighted by Gasteiger charge is -2.06. The number of pyridine rings is 1. The lowest BCUT2D eigenvalue weighted by Crippen LogP contribution is -2.03. The van der Waals surface area contributed by atoms with Gasteiger partial charge in [-0.05, 0) is 13.0 Å². The van der Waals surface area contributed by atoms with E-state index in [4.69, 9.17) is 9.84 Å². The van der Waals surface area contributed by atoms with Crippen LogP contribution < -0.4 is 10.1 Å². The van der Waals surface area contributed by atoms with Crippen LogP contribution in [0, 0.1) is 6.92 Å². The number of aromatic nitrogens is 2. The summed E-state index contributed by atoms with van der Waals surface area (Å²) in [5.41, 5.74) is 0.928. The minimum absolute atomic E-state index is 0.00753. The quantitative estimate of drug-likeness (QED) is 0.834. The first-order chi connectivity index (χ1) is 8.78. The van der Waals surface area contributed by atoms with Crippen molar-refractivity contribution >= 4 is 17.0 Å². The molecule has 0 bridgehead atoms. The molecule has 2 aromatic rings. The zero-order valence-electron chi connectivity index (χ0n) is 10.1. The minimum atomic E-state index is -0.00753. The molecule has 0 fully saturated rings. The van der Waals surface area contributed by atoms with Gasteiger partial charge in [0.2, 0.25) is 5.88 Å². The lowest BCUT2D eigenvalue weighted by molar-refractivity contribution is 0.196. The Balaban J connectivity index is 1.86. The third-order valence-electron chi connectivity index (χ3n) is 2.21. The summed E-state index contributed by atoms with van der Waals surface area (Å²) in [4.78, 5) is 9.51. The highest BCUT2D eigenvalue weighted by atomic mass is 32.1. The van der Waals surface area contributed by atoms with Crippen molar-refractivity contribution in [1.29, 1.82) is 0 Å². The maximum atomic E-state index is 8.62. The van der Waals surface area contributed by atoms with E-state index in [1.54, 1.807) is 23.6 Å². The first-order valence-corrected chi connectivity index (χ1v) is 6.44. The molecule has 0 atom stereocenters. The van der Waals surface area contributed by atoms with Gasteiger partial charge in [-0.15, -0.1) is 11.3 Å². The molecule has 0 aromatic carbocycles. The molecular formula is C12H15N3O2S. The summed E-state index contributed by atoms with van der Waals surface area (Å²) in [5, 5.41) is 13.0. The van der Waals surface area contributed by atoms with Crippen LogP contribution in [0.5, 0.6) is 5.88 Å². The number of thiazole rings is 1. The first-order valence-electron chi connectivity index (χ1n) is 5.63. The third-order valence-corrected chi connectivity index (χ3v) is 3.13. The number of nitrogens with zero attached hydrogens (tertiary/aromatic N) is 2. The van der Waals surface area contributed by atoms with E-state index in [2.05, 4.69) is 15.3 Å².